The van der Waals surface area contributed by atoms with E-state index >= 15 is 0 Å². The zero-order chi connectivity index (χ0) is 21.1. The van der Waals surface area contributed by atoms with E-state index in [1.54, 1.807) is 0 Å². The number of carbonyl (C=O) groups is 3. The van der Waals surface area contributed by atoms with Gasteiger partial charge in [-0.3, -0.25) is 4.79 Å². The summed E-state index contributed by atoms with van der Waals surface area (Å²) in [4.78, 5) is 36.3. The Morgan fingerprint density at radius 3 is 2.33 bits per heavy atom. The molecule has 0 aromatic heterocycles. The van der Waals surface area contributed by atoms with Crippen molar-refractivity contribution in [1.29, 1.82) is 0 Å². The number of hydrogen-bond donors (Lipinski definition) is 2. The minimum absolute atomic E-state index is 0.0265. The number of amides is 2. The summed E-state index contributed by atoms with van der Waals surface area (Å²) in [5, 5.41) is 5.01. The Morgan fingerprint density at radius 1 is 1.07 bits per heavy atom. The van der Waals surface area contributed by atoms with Gasteiger partial charge in [-0.05, 0) is 22.3 Å². The van der Waals surface area contributed by atoms with Crippen molar-refractivity contribution in [2.75, 3.05) is 26.9 Å². The van der Waals surface area contributed by atoms with E-state index in [2.05, 4.69) is 27.5 Å². The molecular formula is C22H22N2O6. The Kier molecular flexibility index (Phi) is 5.67. The van der Waals surface area contributed by atoms with Gasteiger partial charge >= 0.3 is 12.1 Å². The van der Waals surface area contributed by atoms with Gasteiger partial charge in [-0.1, -0.05) is 48.5 Å². The van der Waals surface area contributed by atoms with Crippen LogP contribution < -0.4 is 10.6 Å². The number of methoxy groups -OCH3 is 1. The number of rotatable bonds is 4. The number of alkyl carbamates (subject to hydrolysis) is 1. The van der Waals surface area contributed by atoms with E-state index in [-0.39, 0.29) is 25.7 Å². The lowest BCUT2D eigenvalue weighted by molar-refractivity contribution is -0.145. The average Bonchev–Trinajstić information content (AvgIpc) is 2.97. The molecule has 1 heterocycles. The van der Waals surface area contributed by atoms with Crippen LogP contribution in [-0.4, -0.2) is 57.0 Å². The summed E-state index contributed by atoms with van der Waals surface area (Å²) in [6.07, 6.45) is -0.725. The van der Waals surface area contributed by atoms with Gasteiger partial charge in [-0.15, -0.1) is 0 Å². The van der Waals surface area contributed by atoms with Crippen molar-refractivity contribution >= 4 is 18.0 Å². The molecule has 2 unspecified atom stereocenters. The zero-order valence-corrected chi connectivity index (χ0v) is 16.4. The van der Waals surface area contributed by atoms with Gasteiger partial charge in [0.05, 0.1) is 20.3 Å². The van der Waals surface area contributed by atoms with Crippen molar-refractivity contribution < 1.29 is 28.6 Å². The first-order valence-corrected chi connectivity index (χ1v) is 9.66. The van der Waals surface area contributed by atoms with Crippen LogP contribution in [0.2, 0.25) is 0 Å². The Bertz CT molecular complexity index is 930. The third-order valence-corrected chi connectivity index (χ3v) is 5.32. The highest BCUT2D eigenvalue weighted by Gasteiger charge is 2.33. The van der Waals surface area contributed by atoms with Gasteiger partial charge in [0.15, 0.2) is 6.04 Å². The number of nitrogens with one attached hydrogen (secondary N) is 2. The number of esters is 1. The number of ether oxygens (including phenoxy) is 3. The first-order chi connectivity index (χ1) is 14.6. The largest absolute Gasteiger partial charge is 0.467 e. The molecule has 1 saturated heterocycles. The van der Waals surface area contributed by atoms with Crippen LogP contribution in [-0.2, 0) is 23.8 Å². The molecule has 156 valence electrons. The lowest BCUT2D eigenvalue weighted by Crippen LogP contribution is -2.51. The molecule has 1 aliphatic heterocycles. The minimum atomic E-state index is -0.963. The highest BCUT2D eigenvalue weighted by molar-refractivity contribution is 5.90. The highest BCUT2D eigenvalue weighted by atomic mass is 16.6. The summed E-state index contributed by atoms with van der Waals surface area (Å²) in [7, 11) is 1.23. The molecule has 2 N–H and O–H groups in total. The molecule has 2 aromatic rings. The van der Waals surface area contributed by atoms with Gasteiger partial charge in [0, 0.05) is 5.92 Å². The van der Waals surface area contributed by atoms with Crippen LogP contribution in [0.3, 0.4) is 0 Å². The molecule has 2 aromatic carbocycles. The SMILES string of the molecule is COC(=O)C1COCC(NC(=O)OCC2c3ccccc3-c3ccccc32)C(=O)N1. The predicted molar refractivity (Wildman–Crippen MR) is 107 cm³/mol. The Morgan fingerprint density at radius 2 is 1.70 bits per heavy atom. The quantitative estimate of drug-likeness (QED) is 0.742. The molecule has 0 bridgehead atoms. The molecule has 2 atom stereocenters. The van der Waals surface area contributed by atoms with Crippen LogP contribution in [0.1, 0.15) is 17.0 Å². The fourth-order valence-corrected chi connectivity index (χ4v) is 3.85. The summed E-state index contributed by atoms with van der Waals surface area (Å²) in [5.74, 6) is -1.22. The lowest BCUT2D eigenvalue weighted by atomic mass is 9.98. The van der Waals surface area contributed by atoms with Gasteiger partial charge in [0.25, 0.3) is 0 Å². The van der Waals surface area contributed by atoms with E-state index in [4.69, 9.17) is 9.47 Å². The van der Waals surface area contributed by atoms with Gasteiger partial charge in [0.1, 0.15) is 12.6 Å². The number of hydrogen-bond acceptors (Lipinski definition) is 6. The molecule has 8 heteroatoms. The Labute approximate surface area is 173 Å². The second kappa shape index (κ2) is 8.54. The van der Waals surface area contributed by atoms with Gasteiger partial charge in [-0.2, -0.15) is 0 Å². The molecule has 1 fully saturated rings. The maximum Gasteiger partial charge on any atom is 0.407 e. The van der Waals surface area contributed by atoms with E-state index in [0.29, 0.717) is 0 Å². The van der Waals surface area contributed by atoms with E-state index < -0.39 is 30.1 Å². The molecular weight excluding hydrogens is 388 g/mol. The van der Waals surface area contributed by atoms with Crippen LogP contribution in [0.15, 0.2) is 48.5 Å². The van der Waals surface area contributed by atoms with Crippen molar-refractivity contribution in [2.24, 2.45) is 0 Å². The topological polar surface area (TPSA) is 103 Å². The van der Waals surface area contributed by atoms with Gasteiger partial charge < -0.3 is 24.8 Å². The van der Waals surface area contributed by atoms with E-state index in [0.717, 1.165) is 22.3 Å². The number of carbonyl (C=O) groups excluding carboxylic acids is 3. The summed E-state index contributed by atoms with van der Waals surface area (Å²) >= 11 is 0. The zero-order valence-electron chi connectivity index (χ0n) is 16.4. The van der Waals surface area contributed by atoms with Gasteiger partial charge in [0.2, 0.25) is 5.91 Å². The highest BCUT2D eigenvalue weighted by Crippen LogP contribution is 2.44. The van der Waals surface area contributed by atoms with Crippen molar-refractivity contribution in [3.05, 3.63) is 59.7 Å². The number of fused-ring (bicyclic) bond motifs is 3. The summed E-state index contributed by atoms with van der Waals surface area (Å²) in [6.45, 7) is 0.0463. The first kappa shape index (κ1) is 19.9. The average molecular weight is 410 g/mol. The normalized spacial score (nSPS) is 20.4. The van der Waals surface area contributed by atoms with Crippen LogP contribution in [0.25, 0.3) is 11.1 Å². The molecule has 30 heavy (non-hydrogen) atoms. The van der Waals surface area contributed by atoms with Crippen molar-refractivity contribution in [3.63, 3.8) is 0 Å². The lowest BCUT2D eigenvalue weighted by Gasteiger charge is -2.18. The molecule has 0 spiro atoms. The summed E-state index contributed by atoms with van der Waals surface area (Å²) < 4.78 is 15.4. The second-order valence-electron chi connectivity index (χ2n) is 7.14. The molecule has 2 amide bonds. The maximum atomic E-state index is 12.4. The minimum Gasteiger partial charge on any atom is -0.467 e. The van der Waals surface area contributed by atoms with E-state index in [1.807, 2.05) is 36.4 Å². The predicted octanol–water partition coefficient (Wildman–Crippen LogP) is 1.58. The standard InChI is InChI=1S/C22H22N2O6/c1-28-21(26)19-12-29-11-18(20(25)23-19)24-22(27)30-10-17-15-8-4-2-6-13(15)14-7-3-5-9-16(14)17/h2-9,17-19H,10-12H2,1H3,(H,23,25)(H,24,27). The first-order valence-electron chi connectivity index (χ1n) is 9.66. The molecule has 8 nitrogen and oxygen atoms in total. The van der Waals surface area contributed by atoms with Crippen molar-refractivity contribution in [2.45, 2.75) is 18.0 Å². The van der Waals surface area contributed by atoms with Gasteiger partial charge in [-0.25, -0.2) is 9.59 Å². The van der Waals surface area contributed by atoms with Crippen LogP contribution >= 0.6 is 0 Å². The fraction of sp³-hybridized carbons (Fsp3) is 0.318. The molecule has 0 saturated carbocycles. The van der Waals surface area contributed by atoms with Crippen LogP contribution in [0.4, 0.5) is 4.79 Å². The van der Waals surface area contributed by atoms with Crippen molar-refractivity contribution in [3.8, 4) is 11.1 Å². The van der Waals surface area contributed by atoms with Crippen LogP contribution in [0.5, 0.6) is 0 Å². The third kappa shape index (κ3) is 3.86. The Hall–Kier alpha value is -3.39. The third-order valence-electron chi connectivity index (χ3n) is 5.32. The van der Waals surface area contributed by atoms with Crippen LogP contribution in [0, 0.1) is 0 Å². The summed E-state index contributed by atoms with van der Waals surface area (Å²) in [5.41, 5.74) is 4.46. The monoisotopic (exact) mass is 410 g/mol. The fourth-order valence-electron chi connectivity index (χ4n) is 3.85. The summed E-state index contributed by atoms with van der Waals surface area (Å²) in [6, 6.07) is 14.2. The molecule has 4 rings (SSSR count). The van der Waals surface area contributed by atoms with Crippen molar-refractivity contribution in [1.82, 2.24) is 10.6 Å². The molecule has 2 aliphatic rings. The van der Waals surface area contributed by atoms with E-state index in [1.165, 1.54) is 7.11 Å². The maximum absolute atomic E-state index is 12.4. The smallest absolute Gasteiger partial charge is 0.407 e. The molecule has 1 aliphatic carbocycles. The van der Waals surface area contributed by atoms with E-state index in [9.17, 15) is 14.4 Å². The molecule has 0 radical (unpaired) electrons. The second-order valence-corrected chi connectivity index (χ2v) is 7.14. The Balaban J connectivity index is 1.39. The number of benzene rings is 2.